The van der Waals surface area contributed by atoms with Gasteiger partial charge in [-0.3, -0.25) is 9.59 Å². The number of nitrogens with zero attached hydrogens (tertiary/aromatic N) is 1. The Balaban J connectivity index is 1.97. The van der Waals surface area contributed by atoms with Gasteiger partial charge in [0, 0.05) is 5.02 Å². The second kappa shape index (κ2) is 6.57. The summed E-state index contributed by atoms with van der Waals surface area (Å²) in [6, 6.07) is 11.7. The van der Waals surface area contributed by atoms with Crippen molar-refractivity contribution in [2.24, 2.45) is 0 Å². The molecule has 1 fully saturated rings. The van der Waals surface area contributed by atoms with Crippen LogP contribution in [0.5, 0.6) is 0 Å². The number of amides is 2. The molecule has 2 aromatic rings. The standard InChI is InChI=1S/C16H8Cl3NO2S/c17-11-4-2-1-3-9(11)7-14-15(21)20(16(22)23-14)10-5-6-12(18)13(19)8-10/h1-8H/b14-7-. The normalized spacial score (nSPS) is 16.5. The predicted octanol–water partition coefficient (Wildman–Crippen LogP) is 5.89. The summed E-state index contributed by atoms with van der Waals surface area (Å²) in [6.45, 7) is 0. The Morgan fingerprint density at radius 2 is 1.65 bits per heavy atom. The van der Waals surface area contributed by atoms with Crippen LogP contribution in [0.3, 0.4) is 0 Å². The summed E-state index contributed by atoms with van der Waals surface area (Å²) in [7, 11) is 0. The lowest BCUT2D eigenvalue weighted by Crippen LogP contribution is -2.27. The lowest BCUT2D eigenvalue weighted by molar-refractivity contribution is -0.113. The van der Waals surface area contributed by atoms with Crippen molar-refractivity contribution in [2.75, 3.05) is 4.90 Å². The van der Waals surface area contributed by atoms with Crippen molar-refractivity contribution >= 4 is 69.5 Å². The number of benzene rings is 2. The van der Waals surface area contributed by atoms with E-state index in [1.807, 2.05) is 0 Å². The Morgan fingerprint density at radius 1 is 0.913 bits per heavy atom. The molecule has 1 heterocycles. The summed E-state index contributed by atoms with van der Waals surface area (Å²) in [6.07, 6.45) is 1.60. The number of halogens is 3. The Hall–Kier alpha value is -1.46. The first-order chi connectivity index (χ1) is 11.0. The van der Waals surface area contributed by atoms with Crippen LogP contribution in [-0.2, 0) is 4.79 Å². The molecule has 0 aliphatic carbocycles. The summed E-state index contributed by atoms with van der Waals surface area (Å²) in [4.78, 5) is 26.1. The van der Waals surface area contributed by atoms with Crippen LogP contribution in [0.4, 0.5) is 10.5 Å². The van der Waals surface area contributed by atoms with Gasteiger partial charge in [-0.05, 0) is 47.7 Å². The molecule has 2 aromatic carbocycles. The van der Waals surface area contributed by atoms with Gasteiger partial charge in [-0.2, -0.15) is 0 Å². The van der Waals surface area contributed by atoms with E-state index < -0.39 is 11.1 Å². The average Bonchev–Trinajstić information content (AvgIpc) is 2.79. The van der Waals surface area contributed by atoms with Gasteiger partial charge in [0.25, 0.3) is 11.1 Å². The van der Waals surface area contributed by atoms with Crippen LogP contribution < -0.4 is 4.90 Å². The summed E-state index contributed by atoms with van der Waals surface area (Å²) in [5.41, 5.74) is 1.05. The maximum absolute atomic E-state index is 12.5. The molecule has 2 amide bonds. The van der Waals surface area contributed by atoms with Crippen LogP contribution in [0.15, 0.2) is 47.4 Å². The van der Waals surface area contributed by atoms with Gasteiger partial charge in [0.2, 0.25) is 0 Å². The third kappa shape index (κ3) is 3.26. The van der Waals surface area contributed by atoms with E-state index in [-0.39, 0.29) is 5.02 Å². The maximum atomic E-state index is 12.5. The van der Waals surface area contributed by atoms with E-state index in [1.54, 1.807) is 42.5 Å². The van der Waals surface area contributed by atoms with Crippen molar-refractivity contribution < 1.29 is 9.59 Å². The fraction of sp³-hybridized carbons (Fsp3) is 0. The molecule has 7 heteroatoms. The molecule has 3 nitrogen and oxygen atoms in total. The molecule has 1 aliphatic rings. The molecule has 1 aliphatic heterocycles. The molecule has 0 radical (unpaired) electrons. The van der Waals surface area contributed by atoms with E-state index in [0.29, 0.717) is 26.2 Å². The highest BCUT2D eigenvalue weighted by atomic mass is 35.5. The molecule has 0 aromatic heterocycles. The van der Waals surface area contributed by atoms with E-state index in [4.69, 9.17) is 34.8 Å². The van der Waals surface area contributed by atoms with Gasteiger partial charge in [0.1, 0.15) is 0 Å². The van der Waals surface area contributed by atoms with Crippen molar-refractivity contribution in [2.45, 2.75) is 0 Å². The van der Waals surface area contributed by atoms with Crippen molar-refractivity contribution in [1.29, 1.82) is 0 Å². The SMILES string of the molecule is O=C1S/C(=C\c2ccccc2Cl)C(=O)N1c1ccc(Cl)c(Cl)c1. The fourth-order valence-electron chi connectivity index (χ4n) is 2.05. The molecular weight excluding hydrogens is 377 g/mol. The Morgan fingerprint density at radius 3 is 2.35 bits per heavy atom. The van der Waals surface area contributed by atoms with Crippen LogP contribution in [0.25, 0.3) is 6.08 Å². The van der Waals surface area contributed by atoms with Gasteiger partial charge in [-0.15, -0.1) is 0 Å². The largest absolute Gasteiger partial charge is 0.298 e. The molecule has 0 N–H and O–H groups in total. The molecule has 0 atom stereocenters. The number of carbonyl (C=O) groups is 2. The summed E-state index contributed by atoms with van der Waals surface area (Å²) in [5.74, 6) is -0.418. The van der Waals surface area contributed by atoms with E-state index in [9.17, 15) is 9.59 Å². The molecule has 0 saturated carbocycles. The first kappa shape index (κ1) is 16.4. The average molecular weight is 385 g/mol. The molecule has 3 rings (SSSR count). The van der Waals surface area contributed by atoms with Crippen molar-refractivity contribution in [1.82, 2.24) is 0 Å². The third-order valence-corrected chi connectivity index (χ3v) is 5.10. The zero-order valence-electron chi connectivity index (χ0n) is 11.4. The second-order valence-corrected chi connectivity index (χ2v) is 6.85. The summed E-state index contributed by atoms with van der Waals surface area (Å²) < 4.78 is 0. The third-order valence-electron chi connectivity index (χ3n) is 3.15. The highest BCUT2D eigenvalue weighted by Crippen LogP contribution is 2.38. The number of hydrogen-bond donors (Lipinski definition) is 0. The Kier molecular flexibility index (Phi) is 4.69. The smallest absolute Gasteiger partial charge is 0.268 e. The summed E-state index contributed by atoms with van der Waals surface area (Å²) in [5, 5.41) is 0.743. The first-order valence-electron chi connectivity index (χ1n) is 6.45. The molecule has 23 heavy (non-hydrogen) atoms. The number of carbonyl (C=O) groups excluding carboxylic acids is 2. The molecule has 0 spiro atoms. The van der Waals surface area contributed by atoms with Crippen molar-refractivity contribution in [3.8, 4) is 0 Å². The minimum atomic E-state index is -0.418. The van der Waals surface area contributed by atoms with Crippen LogP contribution in [-0.4, -0.2) is 11.1 Å². The zero-order chi connectivity index (χ0) is 16.6. The molecule has 0 bridgehead atoms. The van der Waals surface area contributed by atoms with Gasteiger partial charge in [0.05, 0.1) is 20.6 Å². The van der Waals surface area contributed by atoms with Gasteiger partial charge in [-0.1, -0.05) is 53.0 Å². The quantitative estimate of drug-likeness (QED) is 0.606. The number of anilines is 1. The van der Waals surface area contributed by atoms with Crippen LogP contribution in [0.1, 0.15) is 5.56 Å². The van der Waals surface area contributed by atoms with Crippen molar-refractivity contribution in [3.63, 3.8) is 0 Å². The lowest BCUT2D eigenvalue weighted by Gasteiger charge is -2.13. The van der Waals surface area contributed by atoms with E-state index in [2.05, 4.69) is 0 Å². The van der Waals surface area contributed by atoms with Gasteiger partial charge >= 0.3 is 0 Å². The van der Waals surface area contributed by atoms with E-state index in [0.717, 1.165) is 16.7 Å². The molecular formula is C16H8Cl3NO2S. The van der Waals surface area contributed by atoms with Crippen LogP contribution >= 0.6 is 46.6 Å². The molecule has 0 unspecified atom stereocenters. The monoisotopic (exact) mass is 383 g/mol. The van der Waals surface area contributed by atoms with Crippen LogP contribution in [0, 0.1) is 0 Å². The number of imide groups is 1. The molecule has 116 valence electrons. The minimum absolute atomic E-state index is 0.276. The van der Waals surface area contributed by atoms with Gasteiger partial charge in [0.15, 0.2) is 0 Å². The van der Waals surface area contributed by atoms with Crippen molar-refractivity contribution in [3.05, 3.63) is 68.0 Å². The Labute approximate surface area is 151 Å². The van der Waals surface area contributed by atoms with Gasteiger partial charge in [-0.25, -0.2) is 4.90 Å². The van der Waals surface area contributed by atoms with Crippen LogP contribution in [0.2, 0.25) is 15.1 Å². The maximum Gasteiger partial charge on any atom is 0.298 e. The highest BCUT2D eigenvalue weighted by molar-refractivity contribution is 8.19. The second-order valence-electron chi connectivity index (χ2n) is 4.64. The number of rotatable bonds is 2. The van der Waals surface area contributed by atoms with E-state index >= 15 is 0 Å². The Bertz CT molecular complexity index is 851. The highest BCUT2D eigenvalue weighted by Gasteiger charge is 2.36. The van der Waals surface area contributed by atoms with Gasteiger partial charge < -0.3 is 0 Å². The number of thioether (sulfide) groups is 1. The summed E-state index contributed by atoms with van der Waals surface area (Å²) >= 11 is 18.8. The lowest BCUT2D eigenvalue weighted by atomic mass is 10.2. The topological polar surface area (TPSA) is 37.4 Å². The minimum Gasteiger partial charge on any atom is -0.268 e. The zero-order valence-corrected chi connectivity index (χ0v) is 14.5. The predicted molar refractivity (Wildman–Crippen MR) is 96.4 cm³/mol. The fourth-order valence-corrected chi connectivity index (χ4v) is 3.36. The number of hydrogen-bond acceptors (Lipinski definition) is 3. The van der Waals surface area contributed by atoms with E-state index in [1.165, 1.54) is 6.07 Å². The first-order valence-corrected chi connectivity index (χ1v) is 8.40. The molecule has 1 saturated heterocycles.